The van der Waals surface area contributed by atoms with Gasteiger partial charge in [0.25, 0.3) is 0 Å². The van der Waals surface area contributed by atoms with Crippen molar-refractivity contribution in [2.24, 2.45) is 0 Å². The van der Waals surface area contributed by atoms with Crippen LogP contribution in [0.2, 0.25) is 0 Å². The van der Waals surface area contributed by atoms with Crippen LogP contribution in [0.25, 0.3) is 0 Å². The molecule has 3 nitrogen and oxygen atoms in total. The topological polar surface area (TPSA) is 38.3 Å². The van der Waals surface area contributed by atoms with Crippen molar-refractivity contribution >= 4 is 11.6 Å². The summed E-state index contributed by atoms with van der Waals surface area (Å²) in [6, 6.07) is 13.7. The van der Waals surface area contributed by atoms with Gasteiger partial charge in [0.2, 0.25) is 5.91 Å². The van der Waals surface area contributed by atoms with Gasteiger partial charge in [0.05, 0.1) is 6.42 Å². The molecule has 0 aliphatic carbocycles. The second-order valence-electron chi connectivity index (χ2n) is 6.90. The van der Waals surface area contributed by atoms with Gasteiger partial charge in [0.1, 0.15) is 11.4 Å². The quantitative estimate of drug-likeness (QED) is 0.891. The van der Waals surface area contributed by atoms with Crippen LogP contribution in [0.3, 0.4) is 0 Å². The molecular formula is C20H25NO2. The number of carbonyl (C=O) groups is 1. The van der Waals surface area contributed by atoms with Gasteiger partial charge in [0, 0.05) is 5.69 Å². The number of anilines is 1. The predicted molar refractivity (Wildman–Crippen MR) is 95.1 cm³/mol. The van der Waals surface area contributed by atoms with E-state index in [1.54, 1.807) is 0 Å². The molecule has 23 heavy (non-hydrogen) atoms. The van der Waals surface area contributed by atoms with E-state index in [0.29, 0.717) is 6.42 Å². The molecule has 1 amide bonds. The molecule has 0 unspecified atom stereocenters. The Bertz CT molecular complexity index is 682. The Labute approximate surface area is 138 Å². The van der Waals surface area contributed by atoms with Gasteiger partial charge in [0.15, 0.2) is 0 Å². The molecule has 0 aliphatic rings. The smallest absolute Gasteiger partial charge is 0.228 e. The lowest BCUT2D eigenvalue weighted by molar-refractivity contribution is -0.115. The van der Waals surface area contributed by atoms with E-state index in [-0.39, 0.29) is 11.5 Å². The van der Waals surface area contributed by atoms with Crippen molar-refractivity contribution in [2.75, 3.05) is 5.32 Å². The van der Waals surface area contributed by atoms with Crippen molar-refractivity contribution in [1.29, 1.82) is 0 Å². The van der Waals surface area contributed by atoms with E-state index in [4.69, 9.17) is 4.74 Å². The maximum atomic E-state index is 12.2. The summed E-state index contributed by atoms with van der Waals surface area (Å²) in [5.74, 6) is 0.805. The highest BCUT2D eigenvalue weighted by Crippen LogP contribution is 2.20. The zero-order valence-electron chi connectivity index (χ0n) is 14.6. The van der Waals surface area contributed by atoms with Gasteiger partial charge < -0.3 is 10.1 Å². The number of aryl methyl sites for hydroxylation is 2. The van der Waals surface area contributed by atoms with Crippen molar-refractivity contribution in [3.8, 4) is 5.75 Å². The Kier molecular flexibility index (Phi) is 5.09. The molecule has 122 valence electrons. The van der Waals surface area contributed by atoms with Crippen LogP contribution >= 0.6 is 0 Å². The van der Waals surface area contributed by atoms with Crippen molar-refractivity contribution in [3.63, 3.8) is 0 Å². The first-order valence-corrected chi connectivity index (χ1v) is 7.88. The third-order valence-corrected chi connectivity index (χ3v) is 3.38. The van der Waals surface area contributed by atoms with Crippen LogP contribution in [0.1, 0.15) is 37.5 Å². The van der Waals surface area contributed by atoms with Crippen LogP contribution in [0.4, 0.5) is 5.69 Å². The van der Waals surface area contributed by atoms with E-state index in [1.165, 1.54) is 0 Å². The number of ether oxygens (including phenoxy) is 1. The van der Waals surface area contributed by atoms with Gasteiger partial charge in [-0.15, -0.1) is 0 Å². The molecule has 2 rings (SSSR count). The molecule has 2 aromatic carbocycles. The summed E-state index contributed by atoms with van der Waals surface area (Å²) in [5, 5.41) is 2.98. The van der Waals surface area contributed by atoms with Gasteiger partial charge in [-0.1, -0.05) is 24.3 Å². The van der Waals surface area contributed by atoms with E-state index in [2.05, 4.69) is 5.32 Å². The monoisotopic (exact) mass is 311 g/mol. The summed E-state index contributed by atoms with van der Waals surface area (Å²) >= 11 is 0. The molecule has 1 N–H and O–H groups in total. The van der Waals surface area contributed by atoms with E-state index < -0.39 is 0 Å². The molecule has 0 saturated heterocycles. The van der Waals surface area contributed by atoms with Crippen LogP contribution in [0, 0.1) is 13.8 Å². The minimum Gasteiger partial charge on any atom is -0.488 e. The second kappa shape index (κ2) is 6.86. The van der Waals surface area contributed by atoms with Crippen molar-refractivity contribution < 1.29 is 9.53 Å². The normalized spacial score (nSPS) is 11.2. The number of nitrogens with one attached hydrogen (secondary N) is 1. The lowest BCUT2D eigenvalue weighted by Crippen LogP contribution is -2.22. The summed E-state index contributed by atoms with van der Waals surface area (Å²) in [6.45, 7) is 10.0. The minimum absolute atomic E-state index is 0.0109. The first kappa shape index (κ1) is 17.1. The number of rotatable bonds is 4. The summed E-state index contributed by atoms with van der Waals surface area (Å²) in [7, 11) is 0. The van der Waals surface area contributed by atoms with Crippen LogP contribution in [-0.2, 0) is 11.2 Å². The zero-order valence-corrected chi connectivity index (χ0v) is 14.6. The highest BCUT2D eigenvalue weighted by atomic mass is 16.5. The van der Waals surface area contributed by atoms with Crippen molar-refractivity contribution in [2.45, 2.75) is 46.6 Å². The Morgan fingerprint density at radius 3 is 2.30 bits per heavy atom. The van der Waals surface area contributed by atoms with Crippen molar-refractivity contribution in [3.05, 3.63) is 59.2 Å². The Hall–Kier alpha value is -2.29. The molecule has 0 atom stereocenters. The van der Waals surface area contributed by atoms with Gasteiger partial charge in [-0.25, -0.2) is 0 Å². The average Bonchev–Trinajstić information content (AvgIpc) is 2.43. The van der Waals surface area contributed by atoms with Crippen molar-refractivity contribution in [1.82, 2.24) is 0 Å². The molecule has 0 spiro atoms. The van der Waals surface area contributed by atoms with Crippen LogP contribution in [-0.4, -0.2) is 11.5 Å². The lowest BCUT2D eigenvalue weighted by atomic mass is 10.1. The molecule has 0 radical (unpaired) electrons. The summed E-state index contributed by atoms with van der Waals surface area (Å²) in [4.78, 5) is 12.2. The SMILES string of the molecule is Cc1ccc(C)c(NC(=O)Cc2ccc(OC(C)(C)C)cc2)c1. The molecule has 0 fully saturated rings. The van der Waals surface area contributed by atoms with Gasteiger partial charge >= 0.3 is 0 Å². The van der Waals surface area contributed by atoms with E-state index in [9.17, 15) is 4.79 Å². The number of hydrogen-bond donors (Lipinski definition) is 1. The van der Waals surface area contributed by atoms with Gasteiger partial charge in [-0.05, 0) is 69.5 Å². The fourth-order valence-electron chi connectivity index (χ4n) is 2.28. The highest BCUT2D eigenvalue weighted by Gasteiger charge is 2.12. The first-order chi connectivity index (χ1) is 10.7. The fraction of sp³-hybridized carbons (Fsp3) is 0.350. The molecule has 0 saturated carbocycles. The zero-order chi connectivity index (χ0) is 17.0. The van der Waals surface area contributed by atoms with Crippen LogP contribution in [0.5, 0.6) is 5.75 Å². The number of hydrogen-bond acceptors (Lipinski definition) is 2. The minimum atomic E-state index is -0.221. The average molecular weight is 311 g/mol. The van der Waals surface area contributed by atoms with Crippen LogP contribution < -0.4 is 10.1 Å². The number of carbonyl (C=O) groups excluding carboxylic acids is 1. The summed E-state index contributed by atoms with van der Waals surface area (Å²) in [5.41, 5.74) is 3.82. The number of amides is 1. The maximum absolute atomic E-state index is 12.2. The summed E-state index contributed by atoms with van der Waals surface area (Å²) in [6.07, 6.45) is 0.350. The fourth-order valence-corrected chi connectivity index (χ4v) is 2.28. The molecule has 2 aromatic rings. The van der Waals surface area contributed by atoms with Gasteiger partial charge in [-0.2, -0.15) is 0 Å². The lowest BCUT2D eigenvalue weighted by Gasteiger charge is -2.21. The molecule has 3 heteroatoms. The molecule has 0 heterocycles. The van der Waals surface area contributed by atoms with Gasteiger partial charge in [-0.3, -0.25) is 4.79 Å². The Morgan fingerprint density at radius 2 is 1.70 bits per heavy atom. The number of benzene rings is 2. The van der Waals surface area contributed by atoms with Crippen LogP contribution in [0.15, 0.2) is 42.5 Å². The predicted octanol–water partition coefficient (Wildman–Crippen LogP) is 4.66. The Balaban J connectivity index is 1.99. The molecule has 0 bridgehead atoms. The largest absolute Gasteiger partial charge is 0.488 e. The molecular weight excluding hydrogens is 286 g/mol. The van der Waals surface area contributed by atoms with E-state index in [0.717, 1.165) is 28.1 Å². The summed E-state index contributed by atoms with van der Waals surface area (Å²) < 4.78 is 5.79. The third kappa shape index (κ3) is 5.44. The maximum Gasteiger partial charge on any atom is 0.228 e. The van der Waals surface area contributed by atoms with E-state index >= 15 is 0 Å². The molecule has 0 aliphatic heterocycles. The highest BCUT2D eigenvalue weighted by molar-refractivity contribution is 5.93. The standard InChI is InChI=1S/C20H25NO2/c1-14-6-7-15(2)18(12-14)21-19(22)13-16-8-10-17(11-9-16)23-20(3,4)5/h6-12H,13H2,1-5H3,(H,21,22). The molecule has 0 aromatic heterocycles. The third-order valence-electron chi connectivity index (χ3n) is 3.38. The second-order valence-corrected chi connectivity index (χ2v) is 6.90. The first-order valence-electron chi connectivity index (χ1n) is 7.88. The van der Waals surface area contributed by atoms with E-state index in [1.807, 2.05) is 77.1 Å². The Morgan fingerprint density at radius 1 is 1.04 bits per heavy atom.